The van der Waals surface area contributed by atoms with E-state index in [2.05, 4.69) is 20.1 Å². The number of benzene rings is 1. The van der Waals surface area contributed by atoms with Crippen molar-refractivity contribution >= 4 is 11.9 Å². The van der Waals surface area contributed by atoms with Crippen LogP contribution in [0.4, 0.5) is 0 Å². The lowest BCUT2D eigenvalue weighted by molar-refractivity contribution is -0.117. The van der Waals surface area contributed by atoms with Gasteiger partial charge in [-0.15, -0.1) is 0 Å². The molecule has 20 heavy (non-hydrogen) atoms. The van der Waals surface area contributed by atoms with E-state index in [-0.39, 0.29) is 11.4 Å². The average Bonchev–Trinajstić information content (AvgIpc) is 2.45. The predicted octanol–water partition coefficient (Wildman–Crippen LogP) is 4.14. The third kappa shape index (κ3) is 2.64. The molecule has 0 atom stereocenters. The maximum atomic E-state index is 12.1. The summed E-state index contributed by atoms with van der Waals surface area (Å²) in [4.78, 5) is 17.6. The van der Waals surface area contributed by atoms with E-state index in [1.807, 2.05) is 30.3 Å². The first-order chi connectivity index (χ1) is 9.72. The van der Waals surface area contributed by atoms with Gasteiger partial charge in [0.25, 0.3) is 0 Å². The van der Waals surface area contributed by atoms with Gasteiger partial charge in [0.1, 0.15) is 0 Å². The van der Waals surface area contributed by atoms with Gasteiger partial charge in [-0.1, -0.05) is 40.6 Å². The molecule has 1 aromatic carbocycles. The van der Waals surface area contributed by atoms with Crippen LogP contribution >= 0.6 is 0 Å². The molecule has 0 spiro atoms. The number of azide groups is 1. The lowest BCUT2D eigenvalue weighted by atomic mass is 9.83. The van der Waals surface area contributed by atoms with Crippen molar-refractivity contribution in [2.75, 3.05) is 0 Å². The molecule has 0 bridgehead atoms. The van der Waals surface area contributed by atoms with Crippen molar-refractivity contribution in [3.05, 3.63) is 62.4 Å². The number of ketones is 1. The smallest absolute Gasteiger partial charge is 0.159 e. The highest BCUT2D eigenvalue weighted by Crippen LogP contribution is 2.37. The van der Waals surface area contributed by atoms with Gasteiger partial charge in [-0.2, -0.15) is 0 Å². The van der Waals surface area contributed by atoms with Crippen molar-refractivity contribution in [1.82, 2.24) is 0 Å². The van der Waals surface area contributed by atoms with Crippen LogP contribution in [0, 0.1) is 0 Å². The van der Waals surface area contributed by atoms with Gasteiger partial charge in [0.2, 0.25) is 0 Å². The molecule has 0 amide bonds. The van der Waals surface area contributed by atoms with Crippen molar-refractivity contribution in [2.24, 2.45) is 10.2 Å². The van der Waals surface area contributed by atoms with Crippen molar-refractivity contribution < 1.29 is 4.79 Å². The van der Waals surface area contributed by atoms with Gasteiger partial charge < -0.3 is 0 Å². The lowest BCUT2D eigenvalue weighted by Gasteiger charge is -2.30. The van der Waals surface area contributed by atoms with E-state index < -0.39 is 5.66 Å². The normalized spacial score (nSPS) is 23.8. The zero-order valence-corrected chi connectivity index (χ0v) is 10.7. The second kappa shape index (κ2) is 5.93. The summed E-state index contributed by atoms with van der Waals surface area (Å²) in [6, 6.07) is 9.18. The van der Waals surface area contributed by atoms with E-state index in [1.54, 1.807) is 6.08 Å². The van der Waals surface area contributed by atoms with Crippen LogP contribution in [0.25, 0.3) is 27.0 Å². The summed E-state index contributed by atoms with van der Waals surface area (Å²) in [5, 5.41) is 7.21. The van der Waals surface area contributed by atoms with E-state index in [0.717, 1.165) is 5.56 Å². The lowest BCUT2D eigenvalue weighted by Crippen LogP contribution is -2.34. The first-order valence-electron chi connectivity index (χ1n) is 6.15. The molecule has 0 saturated heterocycles. The Bertz CT molecular complexity index is 620. The summed E-state index contributed by atoms with van der Waals surface area (Å²) < 4.78 is 0. The highest BCUT2D eigenvalue weighted by atomic mass is 16.1. The largest absolute Gasteiger partial charge is 0.295 e. The van der Waals surface area contributed by atoms with Crippen LogP contribution in [0.5, 0.6) is 0 Å². The van der Waals surface area contributed by atoms with E-state index in [4.69, 9.17) is 11.1 Å². The Labute approximate surface area is 115 Å². The Kier molecular flexibility index (Phi) is 4.05. The first kappa shape index (κ1) is 13.7. The van der Waals surface area contributed by atoms with E-state index in [9.17, 15) is 4.79 Å². The Morgan fingerprint density at radius 1 is 1.15 bits per heavy atom. The number of hydrogen-bond donors (Lipinski definition) is 0. The van der Waals surface area contributed by atoms with Crippen LogP contribution in [0.2, 0.25) is 0 Å². The Hall–Kier alpha value is -2.75. The molecule has 0 heterocycles. The minimum Gasteiger partial charge on any atom is -0.295 e. The van der Waals surface area contributed by atoms with E-state index in [0.29, 0.717) is 19.3 Å². The molecule has 1 saturated carbocycles. The molecule has 1 aromatic rings. The molecule has 0 aliphatic heterocycles. The molecular weight excluding hydrogens is 256 g/mol. The number of hydrogen-bond acceptors (Lipinski definition) is 3. The minimum absolute atomic E-state index is 0.153. The van der Waals surface area contributed by atoms with Crippen LogP contribution < -0.4 is 0 Å². The topological polar surface area (TPSA) is 115 Å². The number of carbonyl (C=O) groups is 1. The molecular formula is C13H12N6O. The maximum absolute atomic E-state index is 12.1. The van der Waals surface area contributed by atoms with E-state index >= 15 is 0 Å². The SMILES string of the molecule is [N-]=[N+]=NC1(N=[N+]=[N-])CCCC(=O)C1=Cc1ccccc1. The number of Topliss-reactive ketones (excluding diaryl/α,β-unsaturated/α-hetero) is 1. The van der Waals surface area contributed by atoms with Crippen LogP contribution in [-0.2, 0) is 4.79 Å². The number of rotatable bonds is 3. The highest BCUT2D eigenvalue weighted by Gasteiger charge is 2.39. The molecule has 100 valence electrons. The summed E-state index contributed by atoms with van der Waals surface area (Å²) in [6.07, 6.45) is 2.86. The van der Waals surface area contributed by atoms with Gasteiger partial charge in [0, 0.05) is 21.8 Å². The highest BCUT2D eigenvalue weighted by molar-refractivity contribution is 6.02. The third-order valence-corrected chi connectivity index (χ3v) is 3.19. The van der Waals surface area contributed by atoms with Crippen molar-refractivity contribution in [3.63, 3.8) is 0 Å². The second-order valence-corrected chi connectivity index (χ2v) is 4.44. The van der Waals surface area contributed by atoms with Crippen LogP contribution in [0.1, 0.15) is 24.8 Å². The van der Waals surface area contributed by atoms with Crippen LogP contribution in [0.15, 0.2) is 46.1 Å². The Morgan fingerprint density at radius 3 is 2.40 bits per heavy atom. The molecule has 0 N–H and O–H groups in total. The molecule has 1 fully saturated rings. The van der Waals surface area contributed by atoms with Crippen LogP contribution in [-0.4, -0.2) is 11.4 Å². The van der Waals surface area contributed by atoms with Gasteiger partial charge in [0.05, 0.1) is 0 Å². The fraction of sp³-hybridized carbons (Fsp3) is 0.308. The molecule has 0 radical (unpaired) electrons. The van der Waals surface area contributed by atoms with Crippen molar-refractivity contribution in [3.8, 4) is 0 Å². The number of nitrogens with zero attached hydrogens (tertiary/aromatic N) is 6. The summed E-state index contributed by atoms with van der Waals surface area (Å²) >= 11 is 0. The summed E-state index contributed by atoms with van der Waals surface area (Å²) in [6.45, 7) is 0. The average molecular weight is 268 g/mol. The van der Waals surface area contributed by atoms with Gasteiger partial charge >= 0.3 is 0 Å². The van der Waals surface area contributed by atoms with E-state index in [1.165, 1.54) is 0 Å². The van der Waals surface area contributed by atoms with Gasteiger partial charge in [0.15, 0.2) is 11.4 Å². The summed E-state index contributed by atoms with van der Waals surface area (Å²) in [5.74, 6) is -0.153. The van der Waals surface area contributed by atoms with Crippen molar-refractivity contribution in [1.29, 1.82) is 0 Å². The zero-order valence-electron chi connectivity index (χ0n) is 10.7. The molecule has 7 nitrogen and oxygen atoms in total. The van der Waals surface area contributed by atoms with Crippen molar-refractivity contribution in [2.45, 2.75) is 24.9 Å². The second-order valence-electron chi connectivity index (χ2n) is 4.44. The fourth-order valence-corrected chi connectivity index (χ4v) is 2.28. The molecule has 1 aliphatic carbocycles. The molecule has 0 aromatic heterocycles. The minimum atomic E-state index is -1.45. The molecule has 0 unspecified atom stereocenters. The summed E-state index contributed by atoms with van der Waals surface area (Å²) in [7, 11) is 0. The monoisotopic (exact) mass is 268 g/mol. The quantitative estimate of drug-likeness (QED) is 0.348. The molecule has 2 rings (SSSR count). The Morgan fingerprint density at radius 2 is 1.80 bits per heavy atom. The van der Waals surface area contributed by atoms with Gasteiger partial charge in [-0.3, -0.25) is 4.79 Å². The van der Waals surface area contributed by atoms with Crippen LogP contribution in [0.3, 0.4) is 0 Å². The van der Waals surface area contributed by atoms with Gasteiger partial charge in [-0.05, 0) is 35.5 Å². The predicted molar refractivity (Wildman–Crippen MR) is 74.3 cm³/mol. The number of carbonyl (C=O) groups excluding carboxylic acids is 1. The van der Waals surface area contributed by atoms with Gasteiger partial charge in [-0.25, -0.2) is 0 Å². The first-order valence-corrected chi connectivity index (χ1v) is 6.15. The maximum Gasteiger partial charge on any atom is 0.159 e. The molecule has 1 aliphatic rings. The Balaban J connectivity index is 2.58. The molecule has 7 heteroatoms. The summed E-state index contributed by atoms with van der Waals surface area (Å²) in [5.41, 5.74) is 17.0. The fourth-order valence-electron chi connectivity index (χ4n) is 2.28. The third-order valence-electron chi connectivity index (χ3n) is 3.19. The standard InChI is InChI=1S/C13H12N6O/c14-18-16-13(17-19-15)8-4-7-12(20)11(13)9-10-5-2-1-3-6-10/h1-3,5-6,9H,4,7-8H2. The zero-order chi connectivity index (χ0) is 14.4.